The summed E-state index contributed by atoms with van der Waals surface area (Å²) in [7, 11) is 0. The van der Waals surface area contributed by atoms with Gasteiger partial charge in [0.25, 0.3) is 5.91 Å². The van der Waals surface area contributed by atoms with Gasteiger partial charge in [-0.05, 0) is 61.2 Å². The van der Waals surface area contributed by atoms with Crippen LogP contribution in [0.5, 0.6) is 11.5 Å². The van der Waals surface area contributed by atoms with Crippen molar-refractivity contribution < 1.29 is 15.0 Å². The van der Waals surface area contributed by atoms with Crippen molar-refractivity contribution in [3.05, 3.63) is 89.5 Å². The number of fused-ring (bicyclic) bond motifs is 2. The van der Waals surface area contributed by atoms with Crippen LogP contribution < -0.4 is 11.1 Å². The molecule has 2 heterocycles. The molecule has 37 heavy (non-hydrogen) atoms. The SMILES string of the molecule is CC(CCc1ccccc1)NC(=O)c1c(N)n(N=Cc2ccc(O)c(O)c2)c2nc3ccccc3nc12. The van der Waals surface area contributed by atoms with Gasteiger partial charge in [0.1, 0.15) is 16.9 Å². The summed E-state index contributed by atoms with van der Waals surface area (Å²) in [5, 5.41) is 26.8. The lowest BCUT2D eigenvalue weighted by Gasteiger charge is -2.14. The molecule has 1 atom stereocenters. The Hall–Kier alpha value is -4.92. The monoisotopic (exact) mass is 494 g/mol. The molecule has 1 amide bonds. The van der Waals surface area contributed by atoms with Gasteiger partial charge in [0.2, 0.25) is 0 Å². The van der Waals surface area contributed by atoms with E-state index in [9.17, 15) is 15.0 Å². The molecule has 2 aromatic heterocycles. The second-order valence-electron chi connectivity index (χ2n) is 8.85. The van der Waals surface area contributed by atoms with E-state index in [4.69, 9.17) is 10.7 Å². The van der Waals surface area contributed by atoms with Crippen molar-refractivity contribution in [3.63, 3.8) is 0 Å². The number of hydrogen-bond donors (Lipinski definition) is 4. The average Bonchev–Trinajstić information content (AvgIpc) is 3.17. The number of anilines is 1. The van der Waals surface area contributed by atoms with Gasteiger partial charge in [0, 0.05) is 6.04 Å². The number of hydrogen-bond acceptors (Lipinski definition) is 7. The normalized spacial score (nSPS) is 12.4. The zero-order chi connectivity index (χ0) is 25.9. The smallest absolute Gasteiger partial charge is 0.257 e. The van der Waals surface area contributed by atoms with Crippen molar-refractivity contribution in [2.24, 2.45) is 5.10 Å². The summed E-state index contributed by atoms with van der Waals surface area (Å²) in [5.41, 5.74) is 10.3. The fraction of sp³-hybridized carbons (Fsp3) is 0.143. The van der Waals surface area contributed by atoms with E-state index in [1.807, 2.05) is 49.4 Å². The molecule has 0 saturated carbocycles. The van der Waals surface area contributed by atoms with Crippen LogP contribution in [0.1, 0.15) is 34.8 Å². The van der Waals surface area contributed by atoms with Gasteiger partial charge in [-0.15, -0.1) is 0 Å². The molecule has 5 rings (SSSR count). The molecule has 1 unspecified atom stereocenters. The second-order valence-corrected chi connectivity index (χ2v) is 8.85. The predicted octanol–water partition coefficient (Wildman–Crippen LogP) is 4.21. The zero-order valence-corrected chi connectivity index (χ0v) is 20.2. The molecule has 0 bridgehead atoms. The number of carbonyl (C=O) groups excluding carboxylic acids is 1. The van der Waals surface area contributed by atoms with Crippen molar-refractivity contribution in [1.82, 2.24) is 20.0 Å². The van der Waals surface area contributed by atoms with E-state index in [1.54, 1.807) is 6.07 Å². The van der Waals surface area contributed by atoms with E-state index >= 15 is 0 Å². The van der Waals surface area contributed by atoms with Crippen LogP contribution in [0.3, 0.4) is 0 Å². The number of benzene rings is 3. The van der Waals surface area contributed by atoms with Gasteiger partial charge in [-0.3, -0.25) is 4.79 Å². The van der Waals surface area contributed by atoms with Crippen molar-refractivity contribution >= 4 is 40.1 Å². The average molecular weight is 495 g/mol. The van der Waals surface area contributed by atoms with Crippen LogP contribution in [0.4, 0.5) is 5.82 Å². The quantitative estimate of drug-likeness (QED) is 0.197. The lowest BCUT2D eigenvalue weighted by molar-refractivity contribution is 0.0940. The minimum atomic E-state index is -0.358. The molecule has 0 fully saturated rings. The number of aryl methyl sites for hydroxylation is 1. The zero-order valence-electron chi connectivity index (χ0n) is 20.2. The lowest BCUT2D eigenvalue weighted by Crippen LogP contribution is -2.33. The third-order valence-electron chi connectivity index (χ3n) is 6.11. The van der Waals surface area contributed by atoms with E-state index in [2.05, 4.69) is 27.5 Å². The number of phenols is 2. The van der Waals surface area contributed by atoms with Gasteiger partial charge in [0.15, 0.2) is 17.1 Å². The van der Waals surface area contributed by atoms with Gasteiger partial charge in [-0.2, -0.15) is 9.78 Å². The summed E-state index contributed by atoms with van der Waals surface area (Å²) in [4.78, 5) is 22.8. The molecule has 0 aliphatic heterocycles. The van der Waals surface area contributed by atoms with Crippen LogP contribution in [0.15, 0.2) is 77.9 Å². The largest absolute Gasteiger partial charge is 0.504 e. The number of nitrogens with one attached hydrogen (secondary N) is 1. The minimum absolute atomic E-state index is 0.0947. The Kier molecular flexibility index (Phi) is 6.42. The van der Waals surface area contributed by atoms with Gasteiger partial charge < -0.3 is 21.3 Å². The molecule has 0 spiro atoms. The molecule has 5 aromatic rings. The first kappa shape index (κ1) is 23.8. The number of nitrogen functional groups attached to an aromatic ring is 1. The van der Waals surface area contributed by atoms with E-state index < -0.39 is 0 Å². The van der Waals surface area contributed by atoms with Crippen molar-refractivity contribution in [1.29, 1.82) is 0 Å². The molecule has 9 heteroatoms. The summed E-state index contributed by atoms with van der Waals surface area (Å²) in [5.74, 6) is -0.772. The minimum Gasteiger partial charge on any atom is -0.504 e. The molecule has 0 aliphatic carbocycles. The first-order chi connectivity index (χ1) is 17.9. The van der Waals surface area contributed by atoms with Gasteiger partial charge in [0.05, 0.1) is 17.2 Å². The summed E-state index contributed by atoms with van der Waals surface area (Å²) in [6.45, 7) is 1.95. The van der Waals surface area contributed by atoms with Crippen LogP contribution >= 0.6 is 0 Å². The Morgan fingerprint density at radius 2 is 1.73 bits per heavy atom. The molecule has 0 aliphatic rings. The highest BCUT2D eigenvalue weighted by Gasteiger charge is 2.25. The van der Waals surface area contributed by atoms with Crippen LogP contribution in [-0.2, 0) is 6.42 Å². The molecule has 3 aromatic carbocycles. The van der Waals surface area contributed by atoms with Crippen LogP contribution in [0, 0.1) is 0 Å². The van der Waals surface area contributed by atoms with Crippen LogP contribution in [-0.4, -0.2) is 43.0 Å². The topological polar surface area (TPSA) is 139 Å². The second kappa shape index (κ2) is 9.98. The third kappa shape index (κ3) is 4.92. The Balaban J connectivity index is 1.50. The summed E-state index contributed by atoms with van der Waals surface area (Å²) in [6, 6.07) is 21.6. The van der Waals surface area contributed by atoms with Crippen molar-refractivity contribution in [2.45, 2.75) is 25.8 Å². The van der Waals surface area contributed by atoms with Gasteiger partial charge in [-0.1, -0.05) is 42.5 Å². The van der Waals surface area contributed by atoms with Gasteiger partial charge in [-0.25, -0.2) is 9.97 Å². The molecule has 186 valence electrons. The molecule has 5 N–H and O–H groups in total. The molecular formula is C28H26N6O3. The molecule has 0 saturated heterocycles. The van der Waals surface area contributed by atoms with E-state index in [0.29, 0.717) is 27.8 Å². The highest BCUT2D eigenvalue weighted by Crippen LogP contribution is 2.28. The molecule has 9 nitrogen and oxygen atoms in total. The summed E-state index contributed by atoms with van der Waals surface area (Å²) in [6.07, 6.45) is 3.04. The highest BCUT2D eigenvalue weighted by atomic mass is 16.3. The maximum absolute atomic E-state index is 13.4. The Morgan fingerprint density at radius 1 is 1.03 bits per heavy atom. The summed E-state index contributed by atoms with van der Waals surface area (Å²) < 4.78 is 1.36. The first-order valence-electron chi connectivity index (χ1n) is 11.9. The van der Waals surface area contributed by atoms with Crippen LogP contribution in [0.2, 0.25) is 0 Å². The fourth-order valence-electron chi connectivity index (χ4n) is 4.13. The Morgan fingerprint density at radius 3 is 2.46 bits per heavy atom. The molecular weight excluding hydrogens is 468 g/mol. The number of aromatic hydroxyl groups is 2. The van der Waals surface area contributed by atoms with Crippen LogP contribution in [0.25, 0.3) is 22.2 Å². The number of rotatable bonds is 7. The maximum atomic E-state index is 13.4. The number of nitrogens with two attached hydrogens (primary N) is 1. The predicted molar refractivity (Wildman–Crippen MR) is 144 cm³/mol. The number of carbonyl (C=O) groups is 1. The first-order valence-corrected chi connectivity index (χ1v) is 11.9. The lowest BCUT2D eigenvalue weighted by atomic mass is 10.1. The summed E-state index contributed by atoms with van der Waals surface area (Å²) >= 11 is 0. The number of para-hydroxylation sites is 2. The third-order valence-corrected chi connectivity index (χ3v) is 6.11. The van der Waals surface area contributed by atoms with Crippen molar-refractivity contribution in [2.75, 3.05) is 5.73 Å². The number of phenolic OH excluding ortho intramolecular Hbond substituents is 2. The highest BCUT2D eigenvalue weighted by molar-refractivity contribution is 6.10. The Bertz CT molecular complexity index is 1630. The standard InChI is InChI=1S/C28H26N6O3/c1-17(11-12-18-7-3-2-4-8-18)31-28(37)24-25-27(33-21-10-6-5-9-20(21)32-25)34(26(24)29)30-16-19-13-14-22(35)23(36)15-19/h2-10,13-17,35-36H,11-12,29H2,1H3,(H,31,37). The molecule has 0 radical (unpaired) electrons. The van der Waals surface area contributed by atoms with Gasteiger partial charge >= 0.3 is 0 Å². The number of nitrogens with zero attached hydrogens (tertiary/aromatic N) is 4. The van der Waals surface area contributed by atoms with E-state index in [1.165, 1.54) is 28.6 Å². The van der Waals surface area contributed by atoms with E-state index in [-0.39, 0.29) is 34.8 Å². The van der Waals surface area contributed by atoms with E-state index in [0.717, 1.165) is 12.8 Å². The fourth-order valence-corrected chi connectivity index (χ4v) is 4.13. The Labute approximate surface area is 212 Å². The number of aromatic nitrogens is 3. The van der Waals surface area contributed by atoms with Crippen molar-refractivity contribution in [3.8, 4) is 11.5 Å². The number of amides is 1. The maximum Gasteiger partial charge on any atom is 0.257 e.